The summed E-state index contributed by atoms with van der Waals surface area (Å²) in [4.78, 5) is 0. The Morgan fingerprint density at radius 2 is 2.06 bits per heavy atom. The molecular weight excluding hydrogens is 212 g/mol. The zero-order valence-electron chi connectivity index (χ0n) is 10.5. The van der Waals surface area contributed by atoms with Crippen molar-refractivity contribution in [1.82, 2.24) is 5.32 Å². The van der Waals surface area contributed by atoms with E-state index < -0.39 is 0 Å². The maximum atomic E-state index is 5.90. The van der Waals surface area contributed by atoms with E-state index in [1.54, 1.807) is 7.11 Å². The summed E-state index contributed by atoms with van der Waals surface area (Å²) in [5.74, 6) is 0.926. The molecule has 0 atom stereocenters. The molecular formula is C14H22N2O. The van der Waals surface area contributed by atoms with Gasteiger partial charge in [-0.25, -0.2) is 0 Å². The van der Waals surface area contributed by atoms with Gasteiger partial charge in [-0.3, -0.25) is 0 Å². The molecule has 3 nitrogen and oxygen atoms in total. The molecule has 0 radical (unpaired) electrons. The van der Waals surface area contributed by atoms with E-state index in [4.69, 9.17) is 10.5 Å². The van der Waals surface area contributed by atoms with Gasteiger partial charge in [0.15, 0.2) is 0 Å². The lowest BCUT2D eigenvalue weighted by Crippen LogP contribution is -2.37. The Labute approximate surface area is 103 Å². The molecule has 0 heterocycles. The molecule has 1 aliphatic rings. The summed E-state index contributed by atoms with van der Waals surface area (Å²) >= 11 is 0. The third-order valence-corrected chi connectivity index (χ3v) is 3.50. The fourth-order valence-corrected chi connectivity index (χ4v) is 2.37. The molecule has 1 aromatic rings. The van der Waals surface area contributed by atoms with Gasteiger partial charge in [-0.2, -0.15) is 0 Å². The molecule has 0 amide bonds. The number of benzene rings is 1. The van der Waals surface area contributed by atoms with Crippen molar-refractivity contribution in [3.8, 4) is 5.75 Å². The van der Waals surface area contributed by atoms with Crippen LogP contribution >= 0.6 is 0 Å². The molecule has 1 fully saturated rings. The van der Waals surface area contributed by atoms with E-state index in [0.717, 1.165) is 25.1 Å². The second-order valence-corrected chi connectivity index (χ2v) is 4.84. The van der Waals surface area contributed by atoms with Crippen LogP contribution in [0, 0.1) is 0 Å². The van der Waals surface area contributed by atoms with Crippen LogP contribution in [0.2, 0.25) is 0 Å². The zero-order chi connectivity index (χ0) is 12.1. The lowest BCUT2D eigenvalue weighted by atomic mass is 9.92. The first-order chi connectivity index (χ1) is 8.28. The molecule has 0 unspecified atom stereocenters. The molecule has 0 saturated heterocycles. The van der Waals surface area contributed by atoms with Crippen molar-refractivity contribution >= 4 is 0 Å². The first-order valence-corrected chi connectivity index (χ1v) is 6.40. The molecule has 1 aliphatic carbocycles. The molecule has 0 aliphatic heterocycles. The van der Waals surface area contributed by atoms with E-state index in [0.29, 0.717) is 12.1 Å². The number of nitrogens with two attached hydrogens (primary N) is 1. The first-order valence-electron chi connectivity index (χ1n) is 6.40. The predicted molar refractivity (Wildman–Crippen MR) is 70.1 cm³/mol. The normalized spacial score (nSPS) is 24.6. The van der Waals surface area contributed by atoms with Crippen molar-refractivity contribution in [1.29, 1.82) is 0 Å². The number of methoxy groups -OCH3 is 1. The molecule has 17 heavy (non-hydrogen) atoms. The zero-order valence-corrected chi connectivity index (χ0v) is 10.5. The standard InChI is InChI=1S/C14H22N2O/c1-17-14-4-2-3-11(9-14)10-16-13-7-5-12(15)6-8-13/h2-4,9,12-13,16H,5-8,10,15H2,1H3. The van der Waals surface area contributed by atoms with Gasteiger partial charge >= 0.3 is 0 Å². The molecule has 3 heteroatoms. The summed E-state index contributed by atoms with van der Waals surface area (Å²) in [5.41, 5.74) is 7.17. The van der Waals surface area contributed by atoms with Gasteiger partial charge in [-0.1, -0.05) is 12.1 Å². The van der Waals surface area contributed by atoms with E-state index in [1.165, 1.54) is 18.4 Å². The largest absolute Gasteiger partial charge is 0.497 e. The van der Waals surface area contributed by atoms with Crippen molar-refractivity contribution in [2.24, 2.45) is 5.73 Å². The van der Waals surface area contributed by atoms with Crippen LogP contribution in [0.3, 0.4) is 0 Å². The van der Waals surface area contributed by atoms with Crippen LogP contribution in [-0.2, 0) is 6.54 Å². The van der Waals surface area contributed by atoms with Crippen LogP contribution in [0.15, 0.2) is 24.3 Å². The summed E-state index contributed by atoms with van der Waals surface area (Å²) in [6.07, 6.45) is 4.70. The average molecular weight is 234 g/mol. The smallest absolute Gasteiger partial charge is 0.119 e. The molecule has 2 rings (SSSR count). The lowest BCUT2D eigenvalue weighted by Gasteiger charge is -2.27. The minimum atomic E-state index is 0.421. The number of rotatable bonds is 4. The van der Waals surface area contributed by atoms with E-state index in [2.05, 4.69) is 17.4 Å². The monoisotopic (exact) mass is 234 g/mol. The fraction of sp³-hybridized carbons (Fsp3) is 0.571. The van der Waals surface area contributed by atoms with Crippen LogP contribution in [0.25, 0.3) is 0 Å². The number of ether oxygens (including phenoxy) is 1. The van der Waals surface area contributed by atoms with Gasteiger partial charge in [-0.15, -0.1) is 0 Å². The van der Waals surface area contributed by atoms with E-state index in [-0.39, 0.29) is 0 Å². The fourth-order valence-electron chi connectivity index (χ4n) is 2.37. The molecule has 94 valence electrons. The van der Waals surface area contributed by atoms with Crippen LogP contribution in [-0.4, -0.2) is 19.2 Å². The second kappa shape index (κ2) is 6.03. The van der Waals surface area contributed by atoms with Crippen LogP contribution < -0.4 is 15.8 Å². The molecule has 1 saturated carbocycles. The Kier molecular flexibility index (Phi) is 4.40. The van der Waals surface area contributed by atoms with Crippen molar-refractivity contribution in [2.45, 2.75) is 44.3 Å². The lowest BCUT2D eigenvalue weighted by molar-refractivity contribution is 0.341. The molecule has 3 N–H and O–H groups in total. The summed E-state index contributed by atoms with van der Waals surface area (Å²) in [6, 6.07) is 9.27. The van der Waals surface area contributed by atoms with Crippen LogP contribution in [0.4, 0.5) is 0 Å². The average Bonchev–Trinajstić information content (AvgIpc) is 2.38. The minimum absolute atomic E-state index is 0.421. The Morgan fingerprint density at radius 1 is 1.29 bits per heavy atom. The molecule has 0 spiro atoms. The summed E-state index contributed by atoms with van der Waals surface area (Å²) < 4.78 is 5.22. The molecule has 0 aromatic heterocycles. The second-order valence-electron chi connectivity index (χ2n) is 4.84. The Balaban J connectivity index is 1.81. The minimum Gasteiger partial charge on any atom is -0.497 e. The van der Waals surface area contributed by atoms with Crippen molar-refractivity contribution in [2.75, 3.05) is 7.11 Å². The quantitative estimate of drug-likeness (QED) is 0.838. The summed E-state index contributed by atoms with van der Waals surface area (Å²) in [5, 5.41) is 3.60. The highest BCUT2D eigenvalue weighted by atomic mass is 16.5. The maximum Gasteiger partial charge on any atom is 0.119 e. The summed E-state index contributed by atoms with van der Waals surface area (Å²) in [6.45, 7) is 0.914. The Bertz CT molecular complexity index is 346. The Morgan fingerprint density at radius 3 is 2.76 bits per heavy atom. The van der Waals surface area contributed by atoms with Crippen molar-refractivity contribution < 1.29 is 4.74 Å². The maximum absolute atomic E-state index is 5.90. The van der Waals surface area contributed by atoms with E-state index >= 15 is 0 Å². The van der Waals surface area contributed by atoms with Crippen molar-refractivity contribution in [3.63, 3.8) is 0 Å². The van der Waals surface area contributed by atoms with Gasteiger partial charge in [0, 0.05) is 18.6 Å². The first kappa shape index (κ1) is 12.4. The Hall–Kier alpha value is -1.06. The van der Waals surface area contributed by atoms with Crippen LogP contribution in [0.1, 0.15) is 31.2 Å². The van der Waals surface area contributed by atoms with Gasteiger partial charge in [0.2, 0.25) is 0 Å². The van der Waals surface area contributed by atoms with Gasteiger partial charge in [-0.05, 0) is 43.4 Å². The van der Waals surface area contributed by atoms with Gasteiger partial charge in [0.05, 0.1) is 7.11 Å². The van der Waals surface area contributed by atoms with E-state index in [9.17, 15) is 0 Å². The number of hydrogen-bond acceptors (Lipinski definition) is 3. The third-order valence-electron chi connectivity index (χ3n) is 3.50. The van der Waals surface area contributed by atoms with Gasteiger partial charge < -0.3 is 15.8 Å². The molecule has 0 bridgehead atoms. The number of hydrogen-bond donors (Lipinski definition) is 2. The van der Waals surface area contributed by atoms with Gasteiger partial charge in [0.1, 0.15) is 5.75 Å². The number of nitrogens with one attached hydrogen (secondary N) is 1. The highest BCUT2D eigenvalue weighted by Gasteiger charge is 2.17. The van der Waals surface area contributed by atoms with Crippen molar-refractivity contribution in [3.05, 3.63) is 29.8 Å². The SMILES string of the molecule is COc1cccc(CNC2CCC(N)CC2)c1. The highest BCUT2D eigenvalue weighted by molar-refractivity contribution is 5.28. The topological polar surface area (TPSA) is 47.3 Å². The highest BCUT2D eigenvalue weighted by Crippen LogP contribution is 2.18. The van der Waals surface area contributed by atoms with Crippen LogP contribution in [0.5, 0.6) is 5.75 Å². The summed E-state index contributed by atoms with van der Waals surface area (Å²) in [7, 11) is 1.70. The van der Waals surface area contributed by atoms with Gasteiger partial charge in [0.25, 0.3) is 0 Å². The van der Waals surface area contributed by atoms with E-state index in [1.807, 2.05) is 12.1 Å². The molecule has 1 aromatic carbocycles. The third kappa shape index (κ3) is 3.72. The predicted octanol–water partition coefficient (Wildman–Crippen LogP) is 2.05.